The quantitative estimate of drug-likeness (QED) is 0.640. The van der Waals surface area contributed by atoms with Gasteiger partial charge in [0.25, 0.3) is 0 Å². The van der Waals surface area contributed by atoms with Gasteiger partial charge in [-0.25, -0.2) is 9.78 Å². The summed E-state index contributed by atoms with van der Waals surface area (Å²) in [6.07, 6.45) is 1.71. The van der Waals surface area contributed by atoms with E-state index in [0.717, 1.165) is 25.1 Å². The second kappa shape index (κ2) is 9.31. The first-order valence-corrected chi connectivity index (χ1v) is 7.23. The summed E-state index contributed by atoms with van der Waals surface area (Å²) in [5, 5.41) is 12.2. The molecule has 0 aliphatic heterocycles. The van der Waals surface area contributed by atoms with Gasteiger partial charge >= 0.3 is 5.97 Å². The SMILES string of the molecule is CCCc1cc(C(=O)O)cc(NCCOCCN(C)C)n1. The van der Waals surface area contributed by atoms with E-state index >= 15 is 0 Å². The Labute approximate surface area is 126 Å². The Bertz CT molecular complexity index is 450. The molecule has 1 aromatic heterocycles. The summed E-state index contributed by atoms with van der Waals surface area (Å²) in [6.45, 7) is 4.78. The first-order chi connectivity index (χ1) is 10.0. The molecule has 0 unspecified atom stereocenters. The smallest absolute Gasteiger partial charge is 0.335 e. The van der Waals surface area contributed by atoms with Crippen molar-refractivity contribution < 1.29 is 14.6 Å². The van der Waals surface area contributed by atoms with Crippen molar-refractivity contribution in [2.75, 3.05) is 45.7 Å². The van der Waals surface area contributed by atoms with Gasteiger partial charge in [-0.3, -0.25) is 0 Å². The number of pyridine rings is 1. The Balaban J connectivity index is 2.48. The zero-order chi connectivity index (χ0) is 15.7. The summed E-state index contributed by atoms with van der Waals surface area (Å²) >= 11 is 0. The highest BCUT2D eigenvalue weighted by atomic mass is 16.5. The molecule has 118 valence electrons. The predicted molar refractivity (Wildman–Crippen MR) is 83.1 cm³/mol. The van der Waals surface area contributed by atoms with Crippen LogP contribution in [-0.2, 0) is 11.2 Å². The minimum atomic E-state index is -0.931. The van der Waals surface area contributed by atoms with Gasteiger partial charge in [0.1, 0.15) is 5.82 Å². The molecule has 0 saturated carbocycles. The molecule has 0 fully saturated rings. The summed E-state index contributed by atoms with van der Waals surface area (Å²) in [5.41, 5.74) is 1.07. The zero-order valence-electron chi connectivity index (χ0n) is 13.1. The molecule has 1 rings (SSSR count). The maximum atomic E-state index is 11.1. The molecule has 6 heteroatoms. The summed E-state index contributed by atoms with van der Waals surface area (Å²) in [7, 11) is 4.00. The molecule has 0 aliphatic carbocycles. The number of hydrogen-bond acceptors (Lipinski definition) is 5. The fourth-order valence-electron chi connectivity index (χ4n) is 1.79. The van der Waals surface area contributed by atoms with Crippen molar-refractivity contribution in [3.05, 3.63) is 23.4 Å². The van der Waals surface area contributed by atoms with E-state index in [2.05, 4.69) is 15.2 Å². The van der Waals surface area contributed by atoms with Crippen LogP contribution in [0.1, 0.15) is 29.4 Å². The Morgan fingerprint density at radius 3 is 2.76 bits per heavy atom. The number of carboxylic acid groups (broad SMARTS) is 1. The molecular formula is C15H25N3O3. The van der Waals surface area contributed by atoms with Crippen LogP contribution in [0.2, 0.25) is 0 Å². The number of ether oxygens (including phenoxy) is 1. The van der Waals surface area contributed by atoms with Crippen LogP contribution in [-0.4, -0.2) is 61.4 Å². The largest absolute Gasteiger partial charge is 0.478 e. The maximum Gasteiger partial charge on any atom is 0.335 e. The Hall–Kier alpha value is -1.66. The molecule has 1 heterocycles. The van der Waals surface area contributed by atoms with Crippen LogP contribution < -0.4 is 5.32 Å². The van der Waals surface area contributed by atoms with E-state index < -0.39 is 5.97 Å². The van der Waals surface area contributed by atoms with Crippen molar-refractivity contribution in [3.8, 4) is 0 Å². The predicted octanol–water partition coefficient (Wildman–Crippen LogP) is 1.72. The van der Waals surface area contributed by atoms with Crippen molar-refractivity contribution in [2.45, 2.75) is 19.8 Å². The Morgan fingerprint density at radius 1 is 1.38 bits per heavy atom. The monoisotopic (exact) mass is 295 g/mol. The van der Waals surface area contributed by atoms with Crippen molar-refractivity contribution in [3.63, 3.8) is 0 Å². The third kappa shape index (κ3) is 7.06. The molecule has 21 heavy (non-hydrogen) atoms. The molecule has 0 atom stereocenters. The van der Waals surface area contributed by atoms with Crippen LogP contribution in [0.4, 0.5) is 5.82 Å². The lowest BCUT2D eigenvalue weighted by molar-refractivity contribution is 0.0696. The number of likely N-dealkylation sites (N-methyl/N-ethyl adjacent to an activating group) is 1. The lowest BCUT2D eigenvalue weighted by atomic mass is 10.1. The van der Waals surface area contributed by atoms with E-state index in [0.29, 0.717) is 25.6 Å². The number of aromatic carboxylic acids is 1. The normalized spacial score (nSPS) is 10.9. The maximum absolute atomic E-state index is 11.1. The first-order valence-electron chi connectivity index (χ1n) is 7.23. The van der Waals surface area contributed by atoms with Crippen LogP contribution in [0, 0.1) is 0 Å². The Morgan fingerprint density at radius 2 is 2.14 bits per heavy atom. The molecule has 2 N–H and O–H groups in total. The van der Waals surface area contributed by atoms with E-state index in [4.69, 9.17) is 9.84 Å². The van der Waals surface area contributed by atoms with Gasteiger partial charge in [0.15, 0.2) is 0 Å². The van der Waals surface area contributed by atoms with Crippen LogP contribution in [0.5, 0.6) is 0 Å². The lowest BCUT2D eigenvalue weighted by Gasteiger charge is -2.11. The summed E-state index contributed by atoms with van der Waals surface area (Å²) in [5.74, 6) is -0.338. The van der Waals surface area contributed by atoms with E-state index in [1.807, 2.05) is 21.0 Å². The highest BCUT2D eigenvalue weighted by Crippen LogP contribution is 2.12. The number of anilines is 1. The van der Waals surface area contributed by atoms with Gasteiger partial charge in [0.05, 0.1) is 18.8 Å². The van der Waals surface area contributed by atoms with Gasteiger partial charge in [-0.1, -0.05) is 13.3 Å². The second-order valence-electron chi connectivity index (χ2n) is 5.13. The number of carboxylic acids is 1. The number of aryl methyl sites for hydroxylation is 1. The van der Waals surface area contributed by atoms with E-state index in [1.54, 1.807) is 12.1 Å². The molecule has 0 spiro atoms. The van der Waals surface area contributed by atoms with Crippen molar-refractivity contribution in [2.24, 2.45) is 0 Å². The zero-order valence-corrected chi connectivity index (χ0v) is 13.1. The van der Waals surface area contributed by atoms with Gasteiger partial charge in [-0.2, -0.15) is 0 Å². The van der Waals surface area contributed by atoms with Gasteiger partial charge in [-0.05, 0) is 32.6 Å². The highest BCUT2D eigenvalue weighted by molar-refractivity contribution is 5.88. The number of nitrogens with one attached hydrogen (secondary N) is 1. The number of rotatable bonds is 10. The van der Waals surface area contributed by atoms with Crippen molar-refractivity contribution in [1.82, 2.24) is 9.88 Å². The molecule has 0 saturated heterocycles. The third-order valence-electron chi connectivity index (χ3n) is 2.87. The number of hydrogen-bond donors (Lipinski definition) is 2. The minimum absolute atomic E-state index is 0.268. The summed E-state index contributed by atoms with van der Waals surface area (Å²) < 4.78 is 5.47. The van der Waals surface area contributed by atoms with Gasteiger partial charge < -0.3 is 20.1 Å². The van der Waals surface area contributed by atoms with E-state index in [9.17, 15) is 4.79 Å². The molecule has 6 nitrogen and oxygen atoms in total. The molecule has 0 bridgehead atoms. The number of aromatic nitrogens is 1. The molecule has 1 aromatic rings. The third-order valence-corrected chi connectivity index (χ3v) is 2.87. The number of nitrogens with zero attached hydrogens (tertiary/aromatic N) is 2. The van der Waals surface area contributed by atoms with E-state index in [-0.39, 0.29) is 5.56 Å². The first kappa shape index (κ1) is 17.4. The van der Waals surface area contributed by atoms with Crippen LogP contribution in [0.25, 0.3) is 0 Å². The van der Waals surface area contributed by atoms with Crippen LogP contribution in [0.3, 0.4) is 0 Å². The molecule has 0 aromatic carbocycles. The Kier molecular flexibility index (Phi) is 7.71. The second-order valence-corrected chi connectivity index (χ2v) is 5.13. The molecule has 0 radical (unpaired) electrons. The molecular weight excluding hydrogens is 270 g/mol. The highest BCUT2D eigenvalue weighted by Gasteiger charge is 2.08. The molecule has 0 amide bonds. The average Bonchev–Trinajstić information content (AvgIpc) is 2.42. The summed E-state index contributed by atoms with van der Waals surface area (Å²) in [4.78, 5) is 17.6. The van der Waals surface area contributed by atoms with E-state index in [1.165, 1.54) is 0 Å². The van der Waals surface area contributed by atoms with Gasteiger partial charge in [0, 0.05) is 18.8 Å². The fraction of sp³-hybridized carbons (Fsp3) is 0.600. The van der Waals surface area contributed by atoms with Crippen molar-refractivity contribution >= 4 is 11.8 Å². The van der Waals surface area contributed by atoms with Crippen molar-refractivity contribution in [1.29, 1.82) is 0 Å². The summed E-state index contributed by atoms with van der Waals surface area (Å²) in [6, 6.07) is 3.19. The standard InChI is InChI=1S/C15H25N3O3/c1-4-5-13-10-12(15(19)20)11-14(17-13)16-6-8-21-9-7-18(2)3/h10-11H,4-9H2,1-3H3,(H,16,17)(H,19,20). The van der Waals surface area contributed by atoms with Gasteiger partial charge in [0.2, 0.25) is 0 Å². The van der Waals surface area contributed by atoms with Crippen LogP contribution in [0.15, 0.2) is 12.1 Å². The average molecular weight is 295 g/mol. The van der Waals surface area contributed by atoms with Crippen LogP contribution >= 0.6 is 0 Å². The number of carbonyl (C=O) groups is 1. The lowest BCUT2D eigenvalue weighted by Crippen LogP contribution is -2.20. The van der Waals surface area contributed by atoms with Gasteiger partial charge in [-0.15, -0.1) is 0 Å². The minimum Gasteiger partial charge on any atom is -0.478 e. The molecule has 0 aliphatic rings. The fourth-order valence-corrected chi connectivity index (χ4v) is 1.79. The topological polar surface area (TPSA) is 74.7 Å².